The van der Waals surface area contributed by atoms with Crippen LogP contribution in [0.15, 0.2) is 41.8 Å². The summed E-state index contributed by atoms with van der Waals surface area (Å²) in [6, 6.07) is 3.90. The molecule has 0 aromatic carbocycles. The van der Waals surface area contributed by atoms with Crippen molar-refractivity contribution >= 4 is 22.8 Å². The van der Waals surface area contributed by atoms with Gasteiger partial charge in [-0.1, -0.05) is 5.16 Å². The van der Waals surface area contributed by atoms with E-state index in [0.717, 1.165) is 30.3 Å². The minimum Gasteiger partial charge on any atom is -0.359 e. The van der Waals surface area contributed by atoms with Crippen molar-refractivity contribution in [3.8, 4) is 0 Å². The topological polar surface area (TPSA) is 41.0 Å². The number of aromatic nitrogens is 1. The molecule has 1 aromatic rings. The van der Waals surface area contributed by atoms with Crippen LogP contribution in [-0.2, 0) is 4.84 Å². The fourth-order valence-corrected chi connectivity index (χ4v) is 2.52. The minimum absolute atomic E-state index is 0. The van der Waals surface area contributed by atoms with Crippen LogP contribution in [-0.4, -0.2) is 40.8 Å². The Morgan fingerprint density at radius 1 is 1.20 bits per heavy atom. The summed E-state index contributed by atoms with van der Waals surface area (Å²) in [5.41, 5.74) is 0.965. The van der Waals surface area contributed by atoms with Gasteiger partial charge in [0.2, 0.25) is 0 Å². The summed E-state index contributed by atoms with van der Waals surface area (Å²) in [7, 11) is 2.02. The molecule has 1 fully saturated rings. The van der Waals surface area contributed by atoms with Gasteiger partial charge in [0.15, 0.2) is 12.1 Å². The van der Waals surface area contributed by atoms with E-state index in [1.807, 2.05) is 19.2 Å². The summed E-state index contributed by atoms with van der Waals surface area (Å²) < 4.78 is 0. The average molecular weight is 339 g/mol. The van der Waals surface area contributed by atoms with Gasteiger partial charge in [0.25, 0.3) is 0 Å². The van der Waals surface area contributed by atoms with Gasteiger partial charge in [-0.15, -0.1) is 17.0 Å². The summed E-state index contributed by atoms with van der Waals surface area (Å²) >= 11 is 0. The second-order valence-electron chi connectivity index (χ2n) is 4.84. The summed E-state index contributed by atoms with van der Waals surface area (Å²) in [6.45, 7) is 2.17. The maximum Gasteiger partial charge on any atom is 0.182 e. The maximum absolute atomic E-state index is 5.29. The molecule has 0 saturated carbocycles. The van der Waals surface area contributed by atoms with Gasteiger partial charge in [-0.25, -0.2) is 0 Å². The molecule has 0 spiro atoms. The van der Waals surface area contributed by atoms with Gasteiger partial charge in [-0.05, 0) is 31.4 Å². The van der Waals surface area contributed by atoms with Crippen molar-refractivity contribution in [2.24, 2.45) is 5.16 Å². The number of oxime groups is 1. The molecule has 1 aromatic heterocycles. The van der Waals surface area contributed by atoms with Gasteiger partial charge in [0, 0.05) is 38.1 Å². The fourth-order valence-electron chi connectivity index (χ4n) is 2.52. The molecule has 1 saturated heterocycles. The summed E-state index contributed by atoms with van der Waals surface area (Å²) in [5.74, 6) is 1.88. The molecule has 0 atom stereocenters. The third-order valence-corrected chi connectivity index (χ3v) is 3.56. The van der Waals surface area contributed by atoms with Gasteiger partial charge < -0.3 is 14.6 Å². The zero-order valence-corrected chi connectivity index (χ0v) is 13.2. The van der Waals surface area contributed by atoms with E-state index in [-0.39, 0.29) is 17.0 Å². The van der Waals surface area contributed by atoms with Gasteiger partial charge in [0.05, 0.1) is 0 Å². The largest absolute Gasteiger partial charge is 0.359 e. The van der Waals surface area contributed by atoms with E-state index >= 15 is 0 Å². The lowest BCUT2D eigenvalue weighted by atomic mass is 10.1. The Morgan fingerprint density at radius 2 is 2.00 bits per heavy atom. The lowest BCUT2D eigenvalue weighted by Gasteiger charge is -2.36. The van der Waals surface area contributed by atoms with Gasteiger partial charge in [-0.2, -0.15) is 0 Å². The number of hydrogen-bond acceptors (Lipinski definition) is 5. The molecule has 2 aliphatic rings. The molecule has 3 rings (SSSR count). The molecule has 0 radical (unpaired) electrons. The molecule has 2 aliphatic heterocycles. The molecule has 0 unspecified atom stereocenters. The van der Waals surface area contributed by atoms with Crippen LogP contribution < -0.4 is 0 Å². The van der Waals surface area contributed by atoms with E-state index in [1.165, 1.54) is 19.3 Å². The smallest absolute Gasteiger partial charge is 0.182 e. The van der Waals surface area contributed by atoms with Crippen LogP contribution in [0.5, 0.6) is 0 Å². The number of piperidine rings is 1. The van der Waals surface area contributed by atoms with Crippen molar-refractivity contribution in [2.75, 3.05) is 20.1 Å². The number of nitrogens with zero attached hydrogens (tertiary/aromatic N) is 4. The maximum atomic E-state index is 5.29. The van der Waals surface area contributed by atoms with E-state index < -0.39 is 0 Å². The molecule has 20 heavy (non-hydrogen) atoms. The molecule has 3 heterocycles. The van der Waals surface area contributed by atoms with Crippen LogP contribution >= 0.6 is 17.0 Å². The predicted molar refractivity (Wildman–Crippen MR) is 83.5 cm³/mol. The Morgan fingerprint density at radius 3 is 2.70 bits per heavy atom. The highest BCUT2D eigenvalue weighted by Crippen LogP contribution is 2.21. The van der Waals surface area contributed by atoms with Crippen molar-refractivity contribution in [1.82, 2.24) is 14.8 Å². The fraction of sp³-hybridized carbons (Fsp3) is 0.429. The lowest BCUT2D eigenvalue weighted by Crippen LogP contribution is -2.41. The lowest BCUT2D eigenvalue weighted by molar-refractivity contribution is 0.177. The van der Waals surface area contributed by atoms with E-state index in [1.54, 1.807) is 18.7 Å². The SMILES string of the molecule is Br.CN1C(N2CCCCC2)=CON=C1c1cccnc1. The summed E-state index contributed by atoms with van der Waals surface area (Å²) in [4.78, 5) is 13.9. The van der Waals surface area contributed by atoms with Crippen LogP contribution in [0.3, 0.4) is 0 Å². The molecule has 0 N–H and O–H groups in total. The second kappa shape index (κ2) is 6.74. The highest BCUT2D eigenvalue weighted by atomic mass is 79.9. The molecule has 6 heteroatoms. The van der Waals surface area contributed by atoms with Crippen molar-refractivity contribution in [3.05, 3.63) is 42.2 Å². The molecular formula is C14H19BrN4O. The van der Waals surface area contributed by atoms with Crippen LogP contribution in [0, 0.1) is 0 Å². The molecule has 0 bridgehead atoms. The van der Waals surface area contributed by atoms with Crippen LogP contribution in [0.2, 0.25) is 0 Å². The van der Waals surface area contributed by atoms with Gasteiger partial charge >= 0.3 is 0 Å². The van der Waals surface area contributed by atoms with Gasteiger partial charge in [0.1, 0.15) is 5.82 Å². The Balaban J connectivity index is 0.00000147. The van der Waals surface area contributed by atoms with Crippen molar-refractivity contribution in [2.45, 2.75) is 19.3 Å². The Kier molecular flexibility index (Phi) is 5.00. The predicted octanol–water partition coefficient (Wildman–Crippen LogP) is 2.57. The first-order valence-electron chi connectivity index (χ1n) is 6.69. The van der Waals surface area contributed by atoms with Crippen LogP contribution in [0.25, 0.3) is 0 Å². The molecule has 0 amide bonds. The normalized spacial score (nSPS) is 18.6. The van der Waals surface area contributed by atoms with E-state index in [0.29, 0.717) is 0 Å². The third-order valence-electron chi connectivity index (χ3n) is 3.56. The number of halogens is 1. The standard InChI is InChI=1S/C14H18N4O.BrH/c1-17-13(18-8-3-2-4-9-18)11-19-16-14(17)12-6-5-7-15-10-12;/h5-7,10-11H,2-4,8-9H2,1H3;1H. The number of hydrogen-bond donors (Lipinski definition) is 0. The van der Waals surface area contributed by atoms with Crippen LogP contribution in [0.4, 0.5) is 0 Å². The number of rotatable bonds is 2. The highest BCUT2D eigenvalue weighted by molar-refractivity contribution is 8.93. The Bertz CT molecular complexity index is 497. The van der Waals surface area contributed by atoms with Crippen LogP contribution in [0.1, 0.15) is 24.8 Å². The van der Waals surface area contributed by atoms with E-state index in [9.17, 15) is 0 Å². The summed E-state index contributed by atoms with van der Waals surface area (Å²) in [5, 5.41) is 4.13. The van der Waals surface area contributed by atoms with Crippen molar-refractivity contribution < 1.29 is 4.84 Å². The minimum atomic E-state index is 0. The number of amidine groups is 1. The first kappa shape index (κ1) is 14.8. The molecular weight excluding hydrogens is 320 g/mol. The Labute approximate surface area is 129 Å². The van der Waals surface area contributed by atoms with Crippen molar-refractivity contribution in [3.63, 3.8) is 0 Å². The molecule has 108 valence electrons. The molecule has 5 nitrogen and oxygen atoms in total. The van der Waals surface area contributed by atoms with E-state index in [2.05, 4.69) is 19.9 Å². The highest BCUT2D eigenvalue weighted by Gasteiger charge is 2.24. The quantitative estimate of drug-likeness (QED) is 0.830. The van der Waals surface area contributed by atoms with E-state index in [4.69, 9.17) is 4.84 Å². The zero-order chi connectivity index (χ0) is 13.1. The third kappa shape index (κ3) is 2.95. The molecule has 0 aliphatic carbocycles. The summed E-state index contributed by atoms with van der Waals surface area (Å²) in [6.07, 6.45) is 9.09. The first-order valence-corrected chi connectivity index (χ1v) is 6.69. The number of likely N-dealkylation sites (tertiary alicyclic amines) is 1. The number of pyridine rings is 1. The van der Waals surface area contributed by atoms with Gasteiger partial charge in [-0.3, -0.25) is 4.98 Å². The first-order chi connectivity index (χ1) is 9.36. The second-order valence-corrected chi connectivity index (χ2v) is 4.84. The monoisotopic (exact) mass is 338 g/mol. The average Bonchev–Trinajstić information content (AvgIpc) is 2.49. The Hall–Kier alpha value is -1.56. The zero-order valence-electron chi connectivity index (χ0n) is 11.5. The van der Waals surface area contributed by atoms with Crippen molar-refractivity contribution in [1.29, 1.82) is 0 Å².